The van der Waals surface area contributed by atoms with E-state index in [4.69, 9.17) is 9.47 Å². The molecule has 164 valence electrons. The number of piperazine rings is 1. The maximum absolute atomic E-state index is 13.4. The molecule has 1 aliphatic rings. The number of amides is 1. The second kappa shape index (κ2) is 10.3. The molecule has 0 aliphatic carbocycles. The zero-order valence-electron chi connectivity index (χ0n) is 18.2. The minimum absolute atomic E-state index is 0.203. The number of unbranched alkanes of at least 4 members (excludes halogenated alkanes) is 1. The fourth-order valence-corrected chi connectivity index (χ4v) is 4.98. The largest absolute Gasteiger partial charge is 0.492 e. The van der Waals surface area contributed by atoms with E-state index >= 15 is 0 Å². The van der Waals surface area contributed by atoms with E-state index in [1.807, 2.05) is 13.0 Å². The average Bonchev–Trinajstić information content (AvgIpc) is 2.68. The van der Waals surface area contributed by atoms with Crippen LogP contribution in [0.25, 0.3) is 0 Å². The van der Waals surface area contributed by atoms with Crippen LogP contribution in [0.1, 0.15) is 57.6 Å². The minimum Gasteiger partial charge on any atom is -0.492 e. The molecule has 1 aromatic rings. The Bertz CT molecular complexity index is 800. The number of benzene rings is 1. The van der Waals surface area contributed by atoms with Gasteiger partial charge in [-0.3, -0.25) is 0 Å². The van der Waals surface area contributed by atoms with Crippen molar-refractivity contribution in [2.75, 3.05) is 39.4 Å². The van der Waals surface area contributed by atoms with Crippen molar-refractivity contribution in [2.24, 2.45) is 0 Å². The van der Waals surface area contributed by atoms with Crippen LogP contribution >= 0.6 is 0 Å². The molecule has 0 bridgehead atoms. The third-order valence-corrected chi connectivity index (χ3v) is 7.01. The fourth-order valence-electron chi connectivity index (χ4n) is 3.41. The summed E-state index contributed by atoms with van der Waals surface area (Å²) in [6, 6.07) is 3.60. The molecule has 0 unspecified atom stereocenters. The fraction of sp³-hybridized carbons (Fsp3) is 0.667. The van der Waals surface area contributed by atoms with Crippen LogP contribution in [0, 0.1) is 6.92 Å². The quantitative estimate of drug-likeness (QED) is 0.592. The number of nitrogens with zero attached hydrogens (tertiary/aromatic N) is 2. The summed E-state index contributed by atoms with van der Waals surface area (Å²) in [4.78, 5) is 13.7. The highest BCUT2D eigenvalue weighted by molar-refractivity contribution is 7.89. The van der Waals surface area contributed by atoms with Gasteiger partial charge >= 0.3 is 6.09 Å². The van der Waals surface area contributed by atoms with Crippen LogP contribution in [0.5, 0.6) is 5.75 Å². The van der Waals surface area contributed by atoms with Gasteiger partial charge < -0.3 is 14.4 Å². The first-order valence-electron chi connectivity index (χ1n) is 10.4. The lowest BCUT2D eigenvalue weighted by Crippen LogP contribution is -2.50. The smallest absolute Gasteiger partial charge is 0.409 e. The van der Waals surface area contributed by atoms with Crippen molar-refractivity contribution in [1.29, 1.82) is 0 Å². The van der Waals surface area contributed by atoms with Gasteiger partial charge in [0.15, 0.2) is 0 Å². The summed E-state index contributed by atoms with van der Waals surface area (Å²) in [5.74, 6) is 0.613. The summed E-state index contributed by atoms with van der Waals surface area (Å²) in [6.45, 7) is 11.8. The Kier molecular flexibility index (Phi) is 8.34. The first-order chi connectivity index (χ1) is 13.7. The predicted octanol–water partition coefficient (Wildman–Crippen LogP) is 3.76. The number of ether oxygens (including phenoxy) is 2. The van der Waals surface area contributed by atoms with Crippen molar-refractivity contribution in [3.8, 4) is 5.75 Å². The predicted molar refractivity (Wildman–Crippen MR) is 113 cm³/mol. The molecule has 0 radical (unpaired) electrons. The van der Waals surface area contributed by atoms with Crippen LogP contribution in [-0.2, 0) is 14.8 Å². The van der Waals surface area contributed by atoms with E-state index < -0.39 is 16.1 Å². The highest BCUT2D eigenvalue weighted by atomic mass is 32.2. The summed E-state index contributed by atoms with van der Waals surface area (Å²) < 4.78 is 39.2. The maximum atomic E-state index is 13.4. The van der Waals surface area contributed by atoms with Crippen LogP contribution in [0.4, 0.5) is 4.79 Å². The third kappa shape index (κ3) is 5.63. The first-order valence-corrected chi connectivity index (χ1v) is 11.9. The normalized spacial score (nSPS) is 15.6. The van der Waals surface area contributed by atoms with E-state index in [1.54, 1.807) is 17.9 Å². The van der Waals surface area contributed by atoms with Crippen LogP contribution in [0.2, 0.25) is 0 Å². The molecule has 7 nitrogen and oxygen atoms in total. The summed E-state index contributed by atoms with van der Waals surface area (Å²) >= 11 is 0. The van der Waals surface area contributed by atoms with Crippen molar-refractivity contribution >= 4 is 16.1 Å². The zero-order chi connectivity index (χ0) is 21.6. The summed E-state index contributed by atoms with van der Waals surface area (Å²) in [5, 5.41) is 0. The molecule has 2 rings (SSSR count). The van der Waals surface area contributed by atoms with Crippen LogP contribution in [-0.4, -0.2) is 63.1 Å². The lowest BCUT2D eigenvalue weighted by molar-refractivity contribution is 0.0933. The van der Waals surface area contributed by atoms with Gasteiger partial charge in [0.1, 0.15) is 10.6 Å². The molecule has 1 amide bonds. The number of carbonyl (C=O) groups is 1. The lowest BCUT2D eigenvalue weighted by Gasteiger charge is -2.33. The maximum Gasteiger partial charge on any atom is 0.409 e. The molecule has 0 aromatic heterocycles. The van der Waals surface area contributed by atoms with Crippen LogP contribution in [0.15, 0.2) is 17.0 Å². The van der Waals surface area contributed by atoms with E-state index in [-0.39, 0.29) is 23.9 Å². The van der Waals surface area contributed by atoms with Crippen molar-refractivity contribution in [3.05, 3.63) is 23.3 Å². The van der Waals surface area contributed by atoms with Crippen molar-refractivity contribution < 1.29 is 22.7 Å². The Balaban J connectivity index is 2.30. The van der Waals surface area contributed by atoms with Crippen LogP contribution < -0.4 is 4.74 Å². The summed E-state index contributed by atoms with van der Waals surface area (Å²) in [6.07, 6.45) is 1.44. The Hall–Kier alpha value is -1.80. The molecule has 1 aliphatic heterocycles. The van der Waals surface area contributed by atoms with E-state index in [2.05, 4.69) is 20.8 Å². The number of sulfonamides is 1. The molecular weight excluding hydrogens is 392 g/mol. The van der Waals surface area contributed by atoms with Gasteiger partial charge in [-0.2, -0.15) is 4.31 Å². The van der Waals surface area contributed by atoms with E-state index in [1.165, 1.54) is 4.31 Å². The zero-order valence-corrected chi connectivity index (χ0v) is 19.0. The second-order valence-electron chi connectivity index (χ2n) is 7.60. The second-order valence-corrected chi connectivity index (χ2v) is 9.51. The van der Waals surface area contributed by atoms with Gasteiger partial charge in [0.2, 0.25) is 10.0 Å². The SMILES string of the molecule is CCCCOc1cc(C)c(C(C)C)cc1S(=O)(=O)N1CCN(C(=O)OCC)CC1. The standard InChI is InChI=1S/C21H34N2O5S/c1-6-8-13-28-19-14-17(5)18(16(3)4)15-20(19)29(25,26)23-11-9-22(10-12-23)21(24)27-7-2/h14-16H,6-13H2,1-5H3. The lowest BCUT2D eigenvalue weighted by atomic mass is 9.98. The van der Waals surface area contributed by atoms with Gasteiger partial charge in [0.25, 0.3) is 0 Å². The van der Waals surface area contributed by atoms with Gasteiger partial charge in [-0.15, -0.1) is 0 Å². The van der Waals surface area contributed by atoms with E-state index in [9.17, 15) is 13.2 Å². The Morgan fingerprint density at radius 2 is 1.79 bits per heavy atom. The molecule has 0 spiro atoms. The first kappa shape index (κ1) is 23.5. The van der Waals surface area contributed by atoms with Crippen LogP contribution in [0.3, 0.4) is 0 Å². The highest BCUT2D eigenvalue weighted by Gasteiger charge is 2.33. The topological polar surface area (TPSA) is 76.2 Å². The van der Waals surface area contributed by atoms with Gasteiger partial charge in [0.05, 0.1) is 13.2 Å². The summed E-state index contributed by atoms with van der Waals surface area (Å²) in [5.41, 5.74) is 2.02. The van der Waals surface area contributed by atoms with E-state index in [0.29, 0.717) is 32.1 Å². The van der Waals surface area contributed by atoms with Crippen molar-refractivity contribution in [3.63, 3.8) is 0 Å². The number of aryl methyl sites for hydroxylation is 1. The van der Waals surface area contributed by atoms with Gasteiger partial charge in [-0.05, 0) is 49.4 Å². The molecule has 0 atom stereocenters. The number of hydrogen-bond donors (Lipinski definition) is 0. The molecule has 1 aromatic carbocycles. The minimum atomic E-state index is -3.73. The van der Waals surface area contributed by atoms with E-state index in [0.717, 1.165) is 24.0 Å². The third-order valence-electron chi connectivity index (χ3n) is 5.09. The Morgan fingerprint density at radius 1 is 1.14 bits per heavy atom. The molecular formula is C21H34N2O5S. The molecule has 8 heteroatoms. The highest BCUT2D eigenvalue weighted by Crippen LogP contribution is 2.33. The Labute approximate surface area is 175 Å². The number of rotatable bonds is 8. The van der Waals surface area contributed by atoms with Gasteiger partial charge in [-0.25, -0.2) is 13.2 Å². The molecule has 0 N–H and O–H groups in total. The van der Waals surface area contributed by atoms with Gasteiger partial charge in [0, 0.05) is 26.2 Å². The van der Waals surface area contributed by atoms with Crippen molar-refractivity contribution in [2.45, 2.75) is 58.3 Å². The Morgan fingerprint density at radius 3 is 2.34 bits per heavy atom. The van der Waals surface area contributed by atoms with Crippen molar-refractivity contribution in [1.82, 2.24) is 9.21 Å². The monoisotopic (exact) mass is 426 g/mol. The molecule has 0 saturated carbocycles. The average molecular weight is 427 g/mol. The molecule has 1 fully saturated rings. The van der Waals surface area contributed by atoms with Gasteiger partial charge in [-0.1, -0.05) is 27.2 Å². The molecule has 29 heavy (non-hydrogen) atoms. The number of carbonyl (C=O) groups excluding carboxylic acids is 1. The molecule has 1 saturated heterocycles. The molecule has 1 heterocycles. The number of hydrogen-bond acceptors (Lipinski definition) is 5. The summed E-state index contributed by atoms with van der Waals surface area (Å²) in [7, 11) is -3.73.